The largest absolute Gasteiger partial charge is 0.423 e. The molecule has 0 aliphatic rings. The number of carbonyl (C=O) groups is 1. The first-order chi connectivity index (χ1) is 13.1. The average molecular weight is 389 g/mol. The second kappa shape index (κ2) is 11.7. The van der Waals surface area contributed by atoms with E-state index in [0.29, 0.717) is 5.56 Å². The van der Waals surface area contributed by atoms with E-state index >= 15 is 0 Å². The second-order valence-electron chi connectivity index (χ2n) is 6.68. The number of benzene rings is 1. The van der Waals surface area contributed by atoms with E-state index in [1.54, 1.807) is 23.5 Å². The number of hydrogen-bond donors (Lipinski definition) is 0. The summed E-state index contributed by atoms with van der Waals surface area (Å²) in [5.74, 6) is -0.596. The molecule has 0 saturated heterocycles. The number of hydrogen-bond acceptors (Lipinski definition) is 3. The molecule has 0 aliphatic carbocycles. The molecule has 0 aliphatic heterocycles. The number of rotatable bonds is 11. The molecule has 4 heteroatoms. The minimum Gasteiger partial charge on any atom is -0.423 e. The van der Waals surface area contributed by atoms with Gasteiger partial charge in [0.1, 0.15) is 11.6 Å². The topological polar surface area (TPSA) is 26.3 Å². The molecular formula is C23H29FO2S. The van der Waals surface area contributed by atoms with Gasteiger partial charge >= 0.3 is 5.97 Å². The Hall–Kier alpha value is -1.94. The third-order valence-electron chi connectivity index (χ3n) is 4.34. The van der Waals surface area contributed by atoms with Crippen LogP contribution in [0, 0.1) is 5.82 Å². The summed E-state index contributed by atoms with van der Waals surface area (Å²) < 4.78 is 19.7. The van der Waals surface area contributed by atoms with Gasteiger partial charge in [0.05, 0.1) is 0 Å². The highest BCUT2D eigenvalue weighted by Gasteiger charge is 2.11. The highest BCUT2D eigenvalue weighted by Crippen LogP contribution is 2.32. The van der Waals surface area contributed by atoms with Crippen LogP contribution in [0.4, 0.5) is 4.39 Å². The standard InChI is InChI=1S/C23H29FO2S/c1-3-5-7-8-10-12-23(25)26-18-13-15-20(21(24)17-18)22-16-14-19(27-22)11-9-6-4-2/h10,12-17H,3-9,11H2,1-2H3. The fraction of sp³-hybridized carbons (Fsp3) is 0.435. The van der Waals surface area contributed by atoms with E-state index < -0.39 is 5.97 Å². The Bertz CT molecular complexity index is 749. The van der Waals surface area contributed by atoms with Crippen molar-refractivity contribution in [3.8, 4) is 16.2 Å². The van der Waals surface area contributed by atoms with E-state index in [-0.39, 0.29) is 11.6 Å². The zero-order valence-corrected chi connectivity index (χ0v) is 17.1. The molecule has 2 rings (SSSR count). The Morgan fingerprint density at radius 1 is 1.07 bits per heavy atom. The van der Waals surface area contributed by atoms with Crippen LogP contribution in [0.2, 0.25) is 0 Å². The van der Waals surface area contributed by atoms with Crippen molar-refractivity contribution in [1.82, 2.24) is 0 Å². The predicted octanol–water partition coefficient (Wildman–Crippen LogP) is 7.33. The van der Waals surface area contributed by atoms with E-state index in [1.807, 2.05) is 12.1 Å². The van der Waals surface area contributed by atoms with Crippen molar-refractivity contribution in [3.63, 3.8) is 0 Å². The van der Waals surface area contributed by atoms with Crippen molar-refractivity contribution < 1.29 is 13.9 Å². The van der Waals surface area contributed by atoms with Crippen molar-refractivity contribution in [3.05, 3.63) is 53.2 Å². The fourth-order valence-electron chi connectivity index (χ4n) is 2.81. The van der Waals surface area contributed by atoms with E-state index in [1.165, 1.54) is 36.3 Å². The first-order valence-electron chi connectivity index (χ1n) is 9.91. The van der Waals surface area contributed by atoms with Gasteiger partial charge in [-0.05, 0) is 49.9 Å². The fourth-order valence-corrected chi connectivity index (χ4v) is 3.88. The van der Waals surface area contributed by atoms with Crippen LogP contribution in [0.5, 0.6) is 5.75 Å². The Morgan fingerprint density at radius 3 is 2.59 bits per heavy atom. The predicted molar refractivity (Wildman–Crippen MR) is 112 cm³/mol. The maximum Gasteiger partial charge on any atom is 0.335 e. The molecule has 0 amide bonds. The first-order valence-corrected chi connectivity index (χ1v) is 10.7. The number of carbonyl (C=O) groups excluding carboxylic acids is 1. The summed E-state index contributed by atoms with van der Waals surface area (Å²) in [6.45, 7) is 4.32. The van der Waals surface area contributed by atoms with Crippen LogP contribution in [0.3, 0.4) is 0 Å². The molecule has 2 nitrogen and oxygen atoms in total. The van der Waals surface area contributed by atoms with Crippen molar-refractivity contribution in [2.45, 2.75) is 65.2 Å². The highest BCUT2D eigenvalue weighted by molar-refractivity contribution is 7.15. The van der Waals surface area contributed by atoms with Gasteiger partial charge in [-0.15, -0.1) is 11.3 Å². The van der Waals surface area contributed by atoms with Gasteiger partial charge in [-0.2, -0.15) is 0 Å². The number of halogens is 1. The van der Waals surface area contributed by atoms with Crippen LogP contribution in [0.1, 0.15) is 63.7 Å². The van der Waals surface area contributed by atoms with E-state index in [0.717, 1.165) is 37.0 Å². The Balaban J connectivity index is 1.94. The molecule has 0 N–H and O–H groups in total. The van der Waals surface area contributed by atoms with Crippen LogP contribution in [0.15, 0.2) is 42.5 Å². The van der Waals surface area contributed by atoms with Gasteiger partial charge in [0.2, 0.25) is 0 Å². The van der Waals surface area contributed by atoms with Crippen LogP contribution >= 0.6 is 11.3 Å². The minimum absolute atomic E-state index is 0.235. The van der Waals surface area contributed by atoms with Crippen LogP contribution in [0.25, 0.3) is 10.4 Å². The smallest absolute Gasteiger partial charge is 0.335 e. The zero-order chi connectivity index (χ0) is 19.5. The van der Waals surface area contributed by atoms with Crippen molar-refractivity contribution in [2.24, 2.45) is 0 Å². The molecule has 1 aromatic carbocycles. The van der Waals surface area contributed by atoms with Gasteiger partial charge in [-0.1, -0.05) is 45.6 Å². The maximum absolute atomic E-state index is 14.5. The number of unbranched alkanes of at least 4 members (excludes halogenated alkanes) is 5. The number of thiophene rings is 1. The number of aryl methyl sites for hydroxylation is 1. The summed E-state index contributed by atoms with van der Waals surface area (Å²) in [5, 5.41) is 0. The van der Waals surface area contributed by atoms with Crippen LogP contribution in [-0.2, 0) is 11.2 Å². The highest BCUT2D eigenvalue weighted by atomic mass is 32.1. The molecule has 1 heterocycles. The van der Waals surface area contributed by atoms with Gasteiger partial charge in [-0.3, -0.25) is 0 Å². The van der Waals surface area contributed by atoms with Gasteiger partial charge in [0, 0.05) is 27.5 Å². The van der Waals surface area contributed by atoms with Gasteiger partial charge in [0.25, 0.3) is 0 Å². The van der Waals surface area contributed by atoms with Gasteiger partial charge in [0.15, 0.2) is 0 Å². The summed E-state index contributed by atoms with van der Waals surface area (Å²) >= 11 is 1.63. The molecule has 1 aromatic heterocycles. The lowest BCUT2D eigenvalue weighted by atomic mass is 10.1. The minimum atomic E-state index is -0.465. The third kappa shape index (κ3) is 7.30. The Kier molecular flexibility index (Phi) is 9.26. The Labute approximate surface area is 166 Å². The first kappa shape index (κ1) is 21.4. The molecule has 27 heavy (non-hydrogen) atoms. The summed E-state index contributed by atoms with van der Waals surface area (Å²) in [6, 6.07) is 8.67. The molecule has 0 saturated carbocycles. The molecule has 146 valence electrons. The van der Waals surface area contributed by atoms with Crippen LogP contribution < -0.4 is 4.74 Å². The zero-order valence-electron chi connectivity index (χ0n) is 16.3. The summed E-state index contributed by atoms with van der Waals surface area (Å²) in [7, 11) is 0. The molecule has 0 bridgehead atoms. The molecule has 0 fully saturated rings. The molecular weight excluding hydrogens is 359 g/mol. The average Bonchev–Trinajstić information content (AvgIpc) is 3.10. The van der Waals surface area contributed by atoms with Gasteiger partial charge in [-0.25, -0.2) is 9.18 Å². The maximum atomic E-state index is 14.5. The quantitative estimate of drug-likeness (QED) is 0.174. The lowest BCUT2D eigenvalue weighted by Crippen LogP contribution is -2.04. The lowest BCUT2D eigenvalue weighted by Gasteiger charge is -2.05. The second-order valence-corrected chi connectivity index (χ2v) is 7.85. The van der Waals surface area contributed by atoms with E-state index in [9.17, 15) is 9.18 Å². The summed E-state index contributed by atoms with van der Waals surface area (Å²) in [6.07, 6.45) is 12.1. The summed E-state index contributed by atoms with van der Waals surface area (Å²) in [5.41, 5.74) is 0.552. The molecule has 0 unspecified atom stereocenters. The van der Waals surface area contributed by atoms with Gasteiger partial charge < -0.3 is 4.74 Å². The monoisotopic (exact) mass is 388 g/mol. The number of ether oxygens (including phenoxy) is 1. The number of esters is 1. The van der Waals surface area contributed by atoms with Crippen molar-refractivity contribution in [2.75, 3.05) is 0 Å². The summed E-state index contributed by atoms with van der Waals surface area (Å²) in [4.78, 5) is 14.0. The normalized spacial score (nSPS) is 11.2. The molecule has 2 aromatic rings. The van der Waals surface area contributed by atoms with Crippen LogP contribution in [-0.4, -0.2) is 5.97 Å². The third-order valence-corrected chi connectivity index (χ3v) is 5.52. The SMILES string of the molecule is CCCCCC=CC(=O)Oc1ccc(-c2ccc(CCCCC)s2)c(F)c1. The van der Waals surface area contributed by atoms with Crippen molar-refractivity contribution >= 4 is 17.3 Å². The molecule has 0 spiro atoms. The Morgan fingerprint density at radius 2 is 1.85 bits per heavy atom. The van der Waals surface area contributed by atoms with Crippen molar-refractivity contribution in [1.29, 1.82) is 0 Å². The van der Waals surface area contributed by atoms with E-state index in [2.05, 4.69) is 19.9 Å². The lowest BCUT2D eigenvalue weighted by molar-refractivity contribution is -0.129. The molecule has 0 radical (unpaired) electrons. The van der Waals surface area contributed by atoms with E-state index in [4.69, 9.17) is 4.74 Å². The number of allylic oxidation sites excluding steroid dienone is 1. The molecule has 0 atom stereocenters.